The largest absolute Gasteiger partial charge is 0.114 e. The van der Waals surface area contributed by atoms with Gasteiger partial charge in [0.05, 0.1) is 0 Å². The molecule has 2 aromatic carbocycles. The summed E-state index contributed by atoms with van der Waals surface area (Å²) >= 11 is 0. The van der Waals surface area contributed by atoms with E-state index in [-0.39, 0.29) is 0 Å². The maximum absolute atomic E-state index is 2.39. The van der Waals surface area contributed by atoms with Gasteiger partial charge in [0.2, 0.25) is 0 Å². The Balaban J connectivity index is 2.08. The van der Waals surface area contributed by atoms with Crippen molar-refractivity contribution >= 4 is 27.1 Å². The SMILES string of the molecule is C[Si](Pc1ccccc1)c1ccccc1. The van der Waals surface area contributed by atoms with E-state index >= 15 is 0 Å². The Morgan fingerprint density at radius 1 is 0.800 bits per heavy atom. The number of rotatable bonds is 3. The molecule has 1 radical (unpaired) electrons. The minimum Gasteiger partial charge on any atom is -0.0989 e. The Labute approximate surface area is 94.6 Å². The van der Waals surface area contributed by atoms with E-state index in [1.54, 1.807) is 0 Å². The smallest absolute Gasteiger partial charge is 0.0989 e. The molecule has 0 saturated heterocycles. The van der Waals surface area contributed by atoms with E-state index in [0.717, 1.165) is 8.13 Å². The Hall–Kier alpha value is -0.913. The molecule has 0 bridgehead atoms. The highest BCUT2D eigenvalue weighted by Gasteiger charge is 2.07. The Morgan fingerprint density at radius 3 is 1.93 bits per heavy atom. The van der Waals surface area contributed by atoms with Gasteiger partial charge < -0.3 is 0 Å². The molecule has 0 heterocycles. The summed E-state index contributed by atoms with van der Waals surface area (Å²) in [6, 6.07) is 21.7. The average Bonchev–Trinajstić information content (AvgIpc) is 2.31. The van der Waals surface area contributed by atoms with Crippen molar-refractivity contribution in [2.75, 3.05) is 0 Å². The van der Waals surface area contributed by atoms with Gasteiger partial charge in [0, 0.05) is 0 Å². The summed E-state index contributed by atoms with van der Waals surface area (Å²) in [5, 5.41) is 3.02. The van der Waals surface area contributed by atoms with E-state index in [4.69, 9.17) is 0 Å². The maximum atomic E-state index is 2.39. The van der Waals surface area contributed by atoms with Gasteiger partial charge in [-0.3, -0.25) is 0 Å². The van der Waals surface area contributed by atoms with Crippen molar-refractivity contribution in [2.24, 2.45) is 0 Å². The molecule has 0 nitrogen and oxygen atoms in total. The molecule has 0 aliphatic carbocycles. The lowest BCUT2D eigenvalue weighted by Crippen LogP contribution is -2.23. The first-order valence-electron chi connectivity index (χ1n) is 5.07. The third-order valence-electron chi connectivity index (χ3n) is 2.31. The first-order chi connectivity index (χ1) is 7.36. The molecule has 0 aliphatic heterocycles. The fourth-order valence-corrected chi connectivity index (χ4v) is 5.86. The molecule has 0 fully saturated rings. The molecule has 1 unspecified atom stereocenters. The van der Waals surface area contributed by atoms with Gasteiger partial charge in [0.1, 0.15) is 8.46 Å². The van der Waals surface area contributed by atoms with Crippen molar-refractivity contribution in [3.8, 4) is 0 Å². The van der Waals surface area contributed by atoms with Crippen LogP contribution in [0.5, 0.6) is 0 Å². The standard InChI is InChI=1S/C13H14PSi/c1-15(13-10-6-3-7-11-13)14-12-8-4-2-5-9-12/h2-11,14H,1H3. The maximum Gasteiger partial charge on any atom is 0.114 e. The molecule has 1 atom stereocenters. The lowest BCUT2D eigenvalue weighted by Gasteiger charge is -2.09. The van der Waals surface area contributed by atoms with Gasteiger partial charge in [-0.05, 0) is 5.30 Å². The van der Waals surface area contributed by atoms with Crippen LogP contribution in [0.2, 0.25) is 6.55 Å². The molecule has 0 saturated carbocycles. The molecule has 75 valence electrons. The Bertz CT molecular complexity index is 399. The second-order valence-corrected chi connectivity index (χ2v) is 9.14. The van der Waals surface area contributed by atoms with Crippen molar-refractivity contribution in [1.82, 2.24) is 0 Å². The highest BCUT2D eigenvalue weighted by Crippen LogP contribution is 2.14. The minimum absolute atomic E-state index is 0.392. The zero-order chi connectivity index (χ0) is 10.5. The summed E-state index contributed by atoms with van der Waals surface area (Å²) in [6.07, 6.45) is 0. The van der Waals surface area contributed by atoms with Crippen LogP contribution in [0, 0.1) is 0 Å². The van der Waals surface area contributed by atoms with E-state index in [1.807, 2.05) is 0 Å². The Morgan fingerprint density at radius 2 is 1.33 bits per heavy atom. The van der Waals surface area contributed by atoms with Gasteiger partial charge >= 0.3 is 0 Å². The van der Waals surface area contributed by atoms with E-state index in [1.165, 1.54) is 10.5 Å². The quantitative estimate of drug-likeness (QED) is 0.560. The van der Waals surface area contributed by atoms with Crippen LogP contribution in [0.25, 0.3) is 0 Å². The van der Waals surface area contributed by atoms with Crippen LogP contribution >= 0.6 is 8.13 Å². The van der Waals surface area contributed by atoms with Crippen LogP contribution in [-0.4, -0.2) is 8.46 Å². The van der Waals surface area contributed by atoms with Gasteiger partial charge in [-0.2, -0.15) is 0 Å². The second-order valence-electron chi connectivity index (χ2n) is 3.48. The molecule has 0 aliphatic rings. The molecular formula is C13H14PSi. The third kappa shape index (κ3) is 3.02. The number of benzene rings is 2. The van der Waals surface area contributed by atoms with Crippen molar-refractivity contribution in [3.05, 3.63) is 60.7 Å². The zero-order valence-electron chi connectivity index (χ0n) is 8.77. The summed E-state index contributed by atoms with van der Waals surface area (Å²) < 4.78 is 0. The molecular weight excluding hydrogens is 215 g/mol. The van der Waals surface area contributed by atoms with E-state index < -0.39 is 8.46 Å². The zero-order valence-corrected chi connectivity index (χ0v) is 10.8. The summed E-state index contributed by atoms with van der Waals surface area (Å²) in [7, 11) is 0.566. The van der Waals surface area contributed by atoms with E-state index in [2.05, 4.69) is 67.2 Å². The minimum atomic E-state index is -0.392. The fourth-order valence-electron chi connectivity index (χ4n) is 1.50. The van der Waals surface area contributed by atoms with Crippen LogP contribution in [-0.2, 0) is 0 Å². The topological polar surface area (TPSA) is 0 Å². The van der Waals surface area contributed by atoms with Crippen LogP contribution in [0.4, 0.5) is 0 Å². The molecule has 2 rings (SSSR count). The molecule has 15 heavy (non-hydrogen) atoms. The normalized spacial score (nSPS) is 11.3. The molecule has 0 amide bonds. The molecule has 0 aromatic heterocycles. The van der Waals surface area contributed by atoms with Crippen LogP contribution in [0.3, 0.4) is 0 Å². The predicted molar refractivity (Wildman–Crippen MR) is 72.1 cm³/mol. The Kier molecular flexibility index (Phi) is 3.71. The highest BCUT2D eigenvalue weighted by atomic mass is 31.3. The number of hydrogen-bond donors (Lipinski definition) is 0. The van der Waals surface area contributed by atoms with Crippen molar-refractivity contribution in [2.45, 2.75) is 6.55 Å². The van der Waals surface area contributed by atoms with Gasteiger partial charge in [0.15, 0.2) is 0 Å². The van der Waals surface area contributed by atoms with Crippen molar-refractivity contribution < 1.29 is 0 Å². The fraction of sp³-hybridized carbons (Fsp3) is 0.0769. The highest BCUT2D eigenvalue weighted by molar-refractivity contribution is 7.83. The van der Waals surface area contributed by atoms with Crippen LogP contribution in [0.1, 0.15) is 0 Å². The summed E-state index contributed by atoms with van der Waals surface area (Å²) in [5.74, 6) is 0. The van der Waals surface area contributed by atoms with Crippen LogP contribution in [0.15, 0.2) is 60.7 Å². The van der Waals surface area contributed by atoms with Gasteiger partial charge in [-0.1, -0.05) is 80.5 Å². The molecule has 2 heteroatoms. The first-order valence-corrected chi connectivity index (χ1v) is 9.07. The van der Waals surface area contributed by atoms with Gasteiger partial charge in [-0.25, -0.2) is 0 Å². The van der Waals surface area contributed by atoms with E-state index in [0.29, 0.717) is 0 Å². The summed E-state index contributed by atoms with van der Waals surface area (Å²) in [4.78, 5) is 0. The van der Waals surface area contributed by atoms with E-state index in [9.17, 15) is 0 Å². The average molecular weight is 229 g/mol. The number of hydrogen-bond acceptors (Lipinski definition) is 0. The monoisotopic (exact) mass is 229 g/mol. The second kappa shape index (κ2) is 5.25. The van der Waals surface area contributed by atoms with Crippen LogP contribution < -0.4 is 10.5 Å². The first kappa shape index (κ1) is 10.6. The predicted octanol–water partition coefficient (Wildman–Crippen LogP) is 2.52. The third-order valence-corrected chi connectivity index (χ3v) is 7.37. The lowest BCUT2D eigenvalue weighted by atomic mass is 10.4. The molecule has 0 spiro atoms. The van der Waals surface area contributed by atoms with Gasteiger partial charge in [-0.15, -0.1) is 0 Å². The molecule has 0 N–H and O–H groups in total. The van der Waals surface area contributed by atoms with Crippen molar-refractivity contribution in [1.29, 1.82) is 0 Å². The molecule has 2 aromatic rings. The van der Waals surface area contributed by atoms with Crippen molar-refractivity contribution in [3.63, 3.8) is 0 Å². The summed E-state index contributed by atoms with van der Waals surface area (Å²) in [5.41, 5.74) is 0. The summed E-state index contributed by atoms with van der Waals surface area (Å²) in [6.45, 7) is 2.39. The van der Waals surface area contributed by atoms with Gasteiger partial charge in [0.25, 0.3) is 0 Å². The lowest BCUT2D eigenvalue weighted by molar-refractivity contribution is 1.76.